The van der Waals surface area contributed by atoms with Gasteiger partial charge in [-0.25, -0.2) is 0 Å². The molecule has 1 aromatic rings. The molecule has 12 heavy (non-hydrogen) atoms. The fraction of sp³-hybridized carbons (Fsp3) is 0.250. The quantitative estimate of drug-likeness (QED) is 0.393. The first-order valence-corrected chi connectivity index (χ1v) is 3.53. The summed E-state index contributed by atoms with van der Waals surface area (Å²) < 4.78 is 0. The number of nitrogen functional groups attached to an aromatic ring is 1. The Kier molecular flexibility index (Phi) is 1.99. The van der Waals surface area contributed by atoms with E-state index in [1.54, 1.807) is 19.9 Å². The first kappa shape index (κ1) is 8.52. The highest BCUT2D eigenvalue weighted by atomic mass is 16.6. The predicted molar refractivity (Wildman–Crippen MR) is 47.0 cm³/mol. The fourth-order valence-electron chi connectivity index (χ4n) is 1.06. The molecule has 0 heterocycles. The maximum atomic E-state index is 10.5. The summed E-state index contributed by atoms with van der Waals surface area (Å²) >= 11 is 0. The van der Waals surface area contributed by atoms with Crippen molar-refractivity contribution in [3.05, 3.63) is 33.4 Å². The molecule has 2 N–H and O–H groups in total. The number of nitro groups is 1. The summed E-state index contributed by atoms with van der Waals surface area (Å²) in [6.45, 7) is 3.43. The topological polar surface area (TPSA) is 69.2 Å². The molecule has 64 valence electrons. The van der Waals surface area contributed by atoms with E-state index in [0.29, 0.717) is 11.3 Å². The monoisotopic (exact) mass is 166 g/mol. The van der Waals surface area contributed by atoms with Crippen LogP contribution in [0, 0.1) is 24.0 Å². The van der Waals surface area contributed by atoms with Crippen LogP contribution in [0.5, 0.6) is 0 Å². The Morgan fingerprint density at radius 2 is 2.00 bits per heavy atom. The normalized spacial score (nSPS) is 9.83. The van der Waals surface area contributed by atoms with Gasteiger partial charge in [-0.05, 0) is 25.5 Å². The Bertz CT molecular complexity index is 334. The Morgan fingerprint density at radius 1 is 1.42 bits per heavy atom. The maximum absolute atomic E-state index is 10.5. The van der Waals surface area contributed by atoms with Crippen LogP contribution in [0.1, 0.15) is 11.1 Å². The lowest BCUT2D eigenvalue weighted by molar-refractivity contribution is -0.385. The van der Waals surface area contributed by atoms with E-state index >= 15 is 0 Å². The second-order valence-corrected chi connectivity index (χ2v) is 2.76. The molecule has 1 aromatic carbocycles. The van der Waals surface area contributed by atoms with Gasteiger partial charge in [-0.1, -0.05) is 0 Å². The number of rotatable bonds is 1. The number of nitro benzene ring substituents is 1. The molecule has 0 aliphatic carbocycles. The maximum Gasteiger partial charge on any atom is 0.274 e. The van der Waals surface area contributed by atoms with E-state index in [2.05, 4.69) is 0 Å². The van der Waals surface area contributed by atoms with Gasteiger partial charge in [0, 0.05) is 17.3 Å². The molecule has 4 nitrogen and oxygen atoms in total. The average molecular weight is 166 g/mol. The van der Waals surface area contributed by atoms with Crippen LogP contribution in [-0.2, 0) is 0 Å². The number of aryl methyl sites for hydroxylation is 1. The molecule has 0 spiro atoms. The van der Waals surface area contributed by atoms with Crippen LogP contribution in [0.25, 0.3) is 0 Å². The van der Waals surface area contributed by atoms with Crippen molar-refractivity contribution < 1.29 is 4.92 Å². The summed E-state index contributed by atoms with van der Waals surface area (Å²) in [4.78, 5) is 10.1. The van der Waals surface area contributed by atoms with Gasteiger partial charge in [0.2, 0.25) is 0 Å². The largest absolute Gasteiger partial charge is 0.398 e. The molecule has 0 aliphatic heterocycles. The Balaban J connectivity index is 3.37. The molecule has 0 radical (unpaired) electrons. The molecule has 0 saturated heterocycles. The van der Waals surface area contributed by atoms with Crippen LogP contribution in [0.2, 0.25) is 0 Å². The van der Waals surface area contributed by atoms with Gasteiger partial charge < -0.3 is 5.73 Å². The first-order chi connectivity index (χ1) is 5.52. The number of hydrogen-bond donors (Lipinski definition) is 1. The summed E-state index contributed by atoms with van der Waals surface area (Å²) in [5.41, 5.74) is 7.46. The zero-order chi connectivity index (χ0) is 9.30. The minimum absolute atomic E-state index is 0.0903. The predicted octanol–water partition coefficient (Wildman–Crippen LogP) is 1.79. The zero-order valence-corrected chi connectivity index (χ0v) is 7.00. The van der Waals surface area contributed by atoms with Crippen LogP contribution < -0.4 is 5.73 Å². The standard InChI is InChI=1S/C8H10N2O2/c1-5-3-7(9)6(2)8(4-5)10(11)12/h3-4H,9H2,1-2H3. The Labute approximate surface area is 70.2 Å². The number of hydrogen-bond acceptors (Lipinski definition) is 3. The van der Waals surface area contributed by atoms with E-state index in [1.807, 2.05) is 0 Å². The van der Waals surface area contributed by atoms with E-state index in [4.69, 9.17) is 5.73 Å². The van der Waals surface area contributed by atoms with E-state index in [0.717, 1.165) is 5.56 Å². The molecule has 1 rings (SSSR count). The SMILES string of the molecule is Cc1cc(N)c(C)c([N+](=O)[O-])c1. The van der Waals surface area contributed by atoms with E-state index in [1.165, 1.54) is 6.07 Å². The Hall–Kier alpha value is -1.58. The van der Waals surface area contributed by atoms with Crippen molar-refractivity contribution in [2.45, 2.75) is 13.8 Å². The summed E-state index contributed by atoms with van der Waals surface area (Å²) in [5.74, 6) is 0. The highest BCUT2D eigenvalue weighted by Crippen LogP contribution is 2.24. The summed E-state index contributed by atoms with van der Waals surface area (Å²) in [6, 6.07) is 3.24. The van der Waals surface area contributed by atoms with Crippen LogP contribution in [0.15, 0.2) is 12.1 Å². The second-order valence-electron chi connectivity index (χ2n) is 2.76. The molecule has 0 aliphatic rings. The van der Waals surface area contributed by atoms with E-state index in [9.17, 15) is 10.1 Å². The highest BCUT2D eigenvalue weighted by molar-refractivity contribution is 5.58. The molecule has 0 bridgehead atoms. The van der Waals surface area contributed by atoms with Crippen LogP contribution in [-0.4, -0.2) is 4.92 Å². The molecule has 0 fully saturated rings. The van der Waals surface area contributed by atoms with Gasteiger partial charge in [-0.15, -0.1) is 0 Å². The van der Waals surface area contributed by atoms with Gasteiger partial charge in [-0.3, -0.25) is 10.1 Å². The summed E-state index contributed by atoms with van der Waals surface area (Å²) in [6.07, 6.45) is 0. The Morgan fingerprint density at radius 3 is 2.50 bits per heavy atom. The van der Waals surface area contributed by atoms with Crippen molar-refractivity contribution in [3.63, 3.8) is 0 Å². The smallest absolute Gasteiger partial charge is 0.274 e. The minimum atomic E-state index is -0.418. The third kappa shape index (κ3) is 1.37. The van der Waals surface area contributed by atoms with Crippen LogP contribution >= 0.6 is 0 Å². The minimum Gasteiger partial charge on any atom is -0.398 e. The van der Waals surface area contributed by atoms with Gasteiger partial charge in [0.05, 0.1) is 4.92 Å². The van der Waals surface area contributed by atoms with Gasteiger partial charge >= 0.3 is 0 Å². The van der Waals surface area contributed by atoms with Crippen molar-refractivity contribution in [2.24, 2.45) is 0 Å². The average Bonchev–Trinajstić information content (AvgIpc) is 1.96. The van der Waals surface area contributed by atoms with Gasteiger partial charge in [0.1, 0.15) is 0 Å². The lowest BCUT2D eigenvalue weighted by Gasteiger charge is -2.02. The number of anilines is 1. The van der Waals surface area contributed by atoms with Crippen molar-refractivity contribution >= 4 is 11.4 Å². The molecular formula is C8H10N2O2. The zero-order valence-electron chi connectivity index (χ0n) is 7.00. The van der Waals surface area contributed by atoms with Crippen molar-refractivity contribution in [3.8, 4) is 0 Å². The van der Waals surface area contributed by atoms with E-state index in [-0.39, 0.29) is 5.69 Å². The number of nitrogens with two attached hydrogens (primary N) is 1. The fourth-order valence-corrected chi connectivity index (χ4v) is 1.06. The third-order valence-corrected chi connectivity index (χ3v) is 1.76. The molecule has 0 amide bonds. The number of benzene rings is 1. The van der Waals surface area contributed by atoms with Gasteiger partial charge in [0.25, 0.3) is 5.69 Å². The molecule has 4 heteroatoms. The lowest BCUT2D eigenvalue weighted by atomic mass is 10.1. The lowest BCUT2D eigenvalue weighted by Crippen LogP contribution is -1.97. The van der Waals surface area contributed by atoms with E-state index < -0.39 is 4.92 Å². The highest BCUT2D eigenvalue weighted by Gasteiger charge is 2.12. The van der Waals surface area contributed by atoms with Gasteiger partial charge in [0.15, 0.2) is 0 Å². The molecule has 0 aromatic heterocycles. The molecular weight excluding hydrogens is 156 g/mol. The van der Waals surface area contributed by atoms with Gasteiger partial charge in [-0.2, -0.15) is 0 Å². The summed E-state index contributed by atoms with van der Waals surface area (Å²) in [7, 11) is 0. The summed E-state index contributed by atoms with van der Waals surface area (Å²) in [5, 5.41) is 10.5. The van der Waals surface area contributed by atoms with Crippen molar-refractivity contribution in [2.75, 3.05) is 5.73 Å². The number of nitrogens with zero attached hydrogens (tertiary/aromatic N) is 1. The van der Waals surface area contributed by atoms with Crippen LogP contribution in [0.3, 0.4) is 0 Å². The van der Waals surface area contributed by atoms with Crippen molar-refractivity contribution in [1.82, 2.24) is 0 Å². The first-order valence-electron chi connectivity index (χ1n) is 3.53. The molecule has 0 atom stereocenters. The molecule has 0 unspecified atom stereocenters. The second kappa shape index (κ2) is 2.81. The van der Waals surface area contributed by atoms with Crippen molar-refractivity contribution in [1.29, 1.82) is 0 Å². The molecule has 0 saturated carbocycles. The third-order valence-electron chi connectivity index (χ3n) is 1.76. The van der Waals surface area contributed by atoms with Crippen LogP contribution in [0.4, 0.5) is 11.4 Å².